The summed E-state index contributed by atoms with van der Waals surface area (Å²) >= 11 is 0. The van der Waals surface area contributed by atoms with Crippen LogP contribution in [0.4, 0.5) is 0 Å². The van der Waals surface area contributed by atoms with E-state index in [0.29, 0.717) is 0 Å². The number of carbonyl (C=O) groups is 1. The third kappa shape index (κ3) is 3.21. The number of carbonyl (C=O) groups excluding carboxylic acids is 1. The first-order valence-corrected chi connectivity index (χ1v) is 5.40. The lowest BCUT2D eigenvalue weighted by atomic mass is 10.1. The number of nitriles is 1. The topological polar surface area (TPSA) is 62.1 Å². The predicted octanol–water partition coefficient (Wildman–Crippen LogP) is 1.22. The molecule has 1 fully saturated rings. The monoisotopic (exact) mass is 210 g/mol. The van der Waals surface area contributed by atoms with E-state index in [1.54, 1.807) is 0 Å². The highest BCUT2D eigenvalue weighted by Crippen LogP contribution is 2.19. The van der Waals surface area contributed by atoms with Gasteiger partial charge < -0.3 is 10.1 Å². The van der Waals surface area contributed by atoms with Crippen molar-refractivity contribution in [1.82, 2.24) is 5.32 Å². The van der Waals surface area contributed by atoms with Gasteiger partial charge in [-0.1, -0.05) is 13.8 Å². The molecule has 4 heteroatoms. The first kappa shape index (κ1) is 12.0. The third-order valence-electron chi connectivity index (χ3n) is 2.63. The first-order valence-electron chi connectivity index (χ1n) is 5.40. The number of ether oxygens (including phenoxy) is 1. The van der Waals surface area contributed by atoms with E-state index in [1.165, 1.54) is 0 Å². The average molecular weight is 210 g/mol. The number of hydrogen-bond donors (Lipinski definition) is 1. The van der Waals surface area contributed by atoms with E-state index in [9.17, 15) is 4.79 Å². The van der Waals surface area contributed by atoms with Crippen molar-refractivity contribution in [3.63, 3.8) is 0 Å². The van der Waals surface area contributed by atoms with Gasteiger partial charge >= 0.3 is 0 Å². The van der Waals surface area contributed by atoms with Crippen LogP contribution in [0.15, 0.2) is 0 Å². The summed E-state index contributed by atoms with van der Waals surface area (Å²) in [6, 6.07) is 1.66. The normalized spacial score (nSPS) is 27.4. The van der Waals surface area contributed by atoms with Gasteiger partial charge in [0, 0.05) is 0 Å². The van der Waals surface area contributed by atoms with Crippen LogP contribution in [0.25, 0.3) is 0 Å². The van der Waals surface area contributed by atoms with Gasteiger partial charge in [-0.15, -0.1) is 0 Å². The number of nitrogens with one attached hydrogen (secondary N) is 1. The zero-order valence-corrected chi connectivity index (χ0v) is 9.49. The maximum absolute atomic E-state index is 11.7. The lowest BCUT2D eigenvalue weighted by Gasteiger charge is -2.17. The van der Waals surface area contributed by atoms with Crippen molar-refractivity contribution in [1.29, 1.82) is 5.26 Å². The SMILES string of the molecule is CC1CCC(C(=O)NC(C#N)C(C)C)O1. The fourth-order valence-corrected chi connectivity index (χ4v) is 1.59. The van der Waals surface area contributed by atoms with Gasteiger partial charge in [-0.05, 0) is 25.7 Å². The molecule has 3 atom stereocenters. The van der Waals surface area contributed by atoms with Crippen LogP contribution in [-0.4, -0.2) is 24.2 Å². The second-order valence-corrected chi connectivity index (χ2v) is 4.37. The van der Waals surface area contributed by atoms with Gasteiger partial charge in [0.15, 0.2) is 0 Å². The molecule has 1 aliphatic heterocycles. The van der Waals surface area contributed by atoms with E-state index >= 15 is 0 Å². The lowest BCUT2D eigenvalue weighted by Crippen LogP contribution is -2.43. The Balaban J connectivity index is 2.45. The maximum atomic E-state index is 11.7. The highest BCUT2D eigenvalue weighted by Gasteiger charge is 2.29. The van der Waals surface area contributed by atoms with Crippen LogP contribution >= 0.6 is 0 Å². The molecule has 4 nitrogen and oxygen atoms in total. The van der Waals surface area contributed by atoms with Crippen LogP contribution in [0.5, 0.6) is 0 Å². The molecule has 1 rings (SSSR count). The Kier molecular flexibility index (Phi) is 4.10. The minimum Gasteiger partial charge on any atom is -0.365 e. The number of rotatable bonds is 3. The van der Waals surface area contributed by atoms with Gasteiger partial charge in [-0.25, -0.2) is 0 Å². The zero-order chi connectivity index (χ0) is 11.4. The Morgan fingerprint density at radius 1 is 1.53 bits per heavy atom. The Morgan fingerprint density at radius 3 is 2.60 bits per heavy atom. The smallest absolute Gasteiger partial charge is 0.250 e. The minimum atomic E-state index is -0.419. The maximum Gasteiger partial charge on any atom is 0.250 e. The third-order valence-corrected chi connectivity index (χ3v) is 2.63. The van der Waals surface area contributed by atoms with Gasteiger partial charge in [-0.3, -0.25) is 4.79 Å². The minimum absolute atomic E-state index is 0.123. The summed E-state index contributed by atoms with van der Waals surface area (Å²) in [6.07, 6.45) is 1.45. The van der Waals surface area contributed by atoms with Crippen molar-refractivity contribution in [2.45, 2.75) is 51.9 Å². The van der Waals surface area contributed by atoms with Crippen LogP contribution in [0.1, 0.15) is 33.6 Å². The molecule has 0 aromatic heterocycles. The molecular formula is C11H18N2O2. The Morgan fingerprint density at radius 2 is 2.20 bits per heavy atom. The molecule has 1 amide bonds. The summed E-state index contributed by atoms with van der Waals surface area (Å²) in [5.41, 5.74) is 0. The molecule has 1 saturated heterocycles. The summed E-state index contributed by atoms with van der Waals surface area (Å²) in [6.45, 7) is 5.77. The molecule has 0 spiro atoms. The Hall–Kier alpha value is -1.08. The van der Waals surface area contributed by atoms with Crippen molar-refractivity contribution < 1.29 is 9.53 Å². The van der Waals surface area contributed by atoms with Crippen molar-refractivity contribution in [2.75, 3.05) is 0 Å². The number of hydrogen-bond acceptors (Lipinski definition) is 3. The highest BCUT2D eigenvalue weighted by molar-refractivity contribution is 5.81. The summed E-state index contributed by atoms with van der Waals surface area (Å²) in [4.78, 5) is 11.7. The fourth-order valence-electron chi connectivity index (χ4n) is 1.59. The van der Waals surface area contributed by atoms with Crippen molar-refractivity contribution in [3.05, 3.63) is 0 Å². The van der Waals surface area contributed by atoms with Crippen LogP contribution in [0.3, 0.4) is 0 Å². The fraction of sp³-hybridized carbons (Fsp3) is 0.818. The number of amides is 1. The molecule has 1 heterocycles. The largest absolute Gasteiger partial charge is 0.365 e. The predicted molar refractivity (Wildman–Crippen MR) is 56.0 cm³/mol. The second kappa shape index (κ2) is 5.13. The van der Waals surface area contributed by atoms with Gasteiger partial charge in [0.1, 0.15) is 12.1 Å². The van der Waals surface area contributed by atoms with Crippen molar-refractivity contribution in [3.8, 4) is 6.07 Å². The second-order valence-electron chi connectivity index (χ2n) is 4.37. The molecular weight excluding hydrogens is 192 g/mol. The van der Waals surface area contributed by atoms with Crippen molar-refractivity contribution in [2.24, 2.45) is 5.92 Å². The average Bonchev–Trinajstić information content (AvgIpc) is 2.60. The van der Waals surface area contributed by atoms with Crippen LogP contribution in [0.2, 0.25) is 0 Å². The first-order chi connectivity index (χ1) is 7.04. The molecule has 0 bridgehead atoms. The van der Waals surface area contributed by atoms with E-state index in [0.717, 1.165) is 12.8 Å². The zero-order valence-electron chi connectivity index (χ0n) is 9.49. The van der Waals surface area contributed by atoms with E-state index in [2.05, 4.69) is 11.4 Å². The summed E-state index contributed by atoms with van der Waals surface area (Å²) in [5, 5.41) is 11.5. The quantitative estimate of drug-likeness (QED) is 0.761. The van der Waals surface area contributed by atoms with E-state index in [4.69, 9.17) is 10.00 Å². The van der Waals surface area contributed by atoms with E-state index in [1.807, 2.05) is 20.8 Å². The van der Waals surface area contributed by atoms with Crippen molar-refractivity contribution >= 4 is 5.91 Å². The van der Waals surface area contributed by atoms with E-state index < -0.39 is 6.04 Å². The van der Waals surface area contributed by atoms with Gasteiger partial charge in [0.05, 0.1) is 12.2 Å². The molecule has 0 aromatic carbocycles. The molecule has 84 valence electrons. The van der Waals surface area contributed by atoms with Crippen LogP contribution in [-0.2, 0) is 9.53 Å². The van der Waals surface area contributed by atoms with Gasteiger partial charge in [0.2, 0.25) is 5.91 Å². The lowest BCUT2D eigenvalue weighted by molar-refractivity contribution is -0.132. The molecule has 3 unspecified atom stereocenters. The molecule has 0 aromatic rings. The van der Waals surface area contributed by atoms with E-state index in [-0.39, 0.29) is 24.0 Å². The molecule has 1 N–H and O–H groups in total. The molecule has 1 aliphatic rings. The molecule has 15 heavy (non-hydrogen) atoms. The molecule has 0 aliphatic carbocycles. The van der Waals surface area contributed by atoms with Gasteiger partial charge in [0.25, 0.3) is 0 Å². The molecule has 0 saturated carbocycles. The Labute approximate surface area is 90.6 Å². The highest BCUT2D eigenvalue weighted by atomic mass is 16.5. The standard InChI is InChI=1S/C11H18N2O2/c1-7(2)9(6-12)13-11(14)10-5-4-8(3)15-10/h7-10H,4-5H2,1-3H3,(H,13,14). The molecule has 0 radical (unpaired) electrons. The van der Waals surface area contributed by atoms with Crippen LogP contribution in [0, 0.1) is 17.2 Å². The Bertz CT molecular complexity index is 270. The summed E-state index contributed by atoms with van der Waals surface area (Å²) in [5.74, 6) is -0.0302. The summed E-state index contributed by atoms with van der Waals surface area (Å²) in [7, 11) is 0. The summed E-state index contributed by atoms with van der Waals surface area (Å²) < 4.78 is 5.43. The van der Waals surface area contributed by atoms with Gasteiger partial charge in [-0.2, -0.15) is 5.26 Å². The van der Waals surface area contributed by atoms with Crippen LogP contribution < -0.4 is 5.32 Å². The number of nitrogens with zero attached hydrogens (tertiary/aromatic N) is 1.